The molecule has 3 aliphatic rings. The van der Waals surface area contributed by atoms with E-state index >= 15 is 0 Å². The maximum atomic E-state index is 13.2. The largest absolute Gasteiger partial charge is 0.387 e. The van der Waals surface area contributed by atoms with E-state index < -0.39 is 23.4 Å². The predicted octanol–water partition coefficient (Wildman–Crippen LogP) is 3.61. The number of amides is 2. The van der Waals surface area contributed by atoms with Gasteiger partial charge in [-0.1, -0.05) is 43.2 Å². The standard InChI is InChI=1S/C26H32F2N4O3/c27-23(28)20-8-12-30(15-20)24(34)31-13-11-26(35,25(16-31)9-4-5-10-25)17-32-18-29-21(14-22(32)33)19-6-2-1-3-7-19/h1-3,6-7,14,18,20,23,35H,4-5,8-13,15-17H2. The van der Waals surface area contributed by atoms with Crippen molar-refractivity contribution in [2.75, 3.05) is 26.2 Å². The summed E-state index contributed by atoms with van der Waals surface area (Å²) in [5, 5.41) is 11.9. The number of rotatable bonds is 4. The Labute approximate surface area is 203 Å². The van der Waals surface area contributed by atoms with Crippen LogP contribution >= 0.6 is 0 Å². The van der Waals surface area contributed by atoms with Gasteiger partial charge in [-0.15, -0.1) is 0 Å². The van der Waals surface area contributed by atoms with Crippen molar-refractivity contribution in [3.63, 3.8) is 0 Å². The Morgan fingerprint density at radius 2 is 1.86 bits per heavy atom. The Morgan fingerprint density at radius 1 is 1.11 bits per heavy atom. The van der Waals surface area contributed by atoms with E-state index in [1.807, 2.05) is 30.3 Å². The van der Waals surface area contributed by atoms with E-state index in [0.717, 1.165) is 31.2 Å². The smallest absolute Gasteiger partial charge is 0.320 e. The van der Waals surface area contributed by atoms with Crippen LogP contribution in [0.3, 0.4) is 0 Å². The number of likely N-dealkylation sites (tertiary alicyclic amines) is 2. The summed E-state index contributed by atoms with van der Waals surface area (Å²) in [5.41, 5.74) is -0.473. The summed E-state index contributed by atoms with van der Waals surface area (Å²) in [6.07, 6.45) is 3.15. The Kier molecular flexibility index (Phi) is 6.38. The van der Waals surface area contributed by atoms with E-state index in [1.54, 1.807) is 4.90 Å². The molecule has 1 aromatic carbocycles. The van der Waals surface area contributed by atoms with Gasteiger partial charge in [0.2, 0.25) is 6.43 Å². The predicted molar refractivity (Wildman–Crippen MR) is 127 cm³/mol. The van der Waals surface area contributed by atoms with E-state index in [-0.39, 0.29) is 24.7 Å². The molecule has 3 heterocycles. The molecule has 2 unspecified atom stereocenters. The fourth-order valence-electron chi connectivity index (χ4n) is 6.22. The maximum absolute atomic E-state index is 13.2. The van der Waals surface area contributed by atoms with Crippen molar-refractivity contribution in [1.29, 1.82) is 0 Å². The van der Waals surface area contributed by atoms with Gasteiger partial charge < -0.3 is 14.9 Å². The molecule has 1 aliphatic carbocycles. The zero-order valence-electron chi connectivity index (χ0n) is 19.8. The van der Waals surface area contributed by atoms with Gasteiger partial charge in [-0.25, -0.2) is 18.6 Å². The van der Waals surface area contributed by atoms with Crippen LogP contribution in [0.2, 0.25) is 0 Å². The topological polar surface area (TPSA) is 78.7 Å². The van der Waals surface area contributed by atoms with Crippen molar-refractivity contribution in [2.24, 2.45) is 11.3 Å². The Balaban J connectivity index is 1.34. The fourth-order valence-corrected chi connectivity index (χ4v) is 6.22. The fraction of sp³-hybridized carbons (Fsp3) is 0.577. The number of nitrogens with zero attached hydrogens (tertiary/aromatic N) is 4. The van der Waals surface area contributed by atoms with Crippen LogP contribution in [0.5, 0.6) is 0 Å². The first-order valence-corrected chi connectivity index (χ1v) is 12.5. The molecule has 2 saturated heterocycles. The van der Waals surface area contributed by atoms with Crippen molar-refractivity contribution < 1.29 is 18.7 Å². The Morgan fingerprint density at radius 3 is 2.51 bits per heavy atom. The minimum absolute atomic E-state index is 0.0824. The highest BCUT2D eigenvalue weighted by Crippen LogP contribution is 2.51. The van der Waals surface area contributed by atoms with Crippen LogP contribution in [0.1, 0.15) is 38.5 Å². The molecule has 2 aromatic rings. The first-order valence-electron chi connectivity index (χ1n) is 12.5. The second-order valence-corrected chi connectivity index (χ2v) is 10.4. The summed E-state index contributed by atoms with van der Waals surface area (Å²) in [5.74, 6) is -0.764. The van der Waals surface area contributed by atoms with Gasteiger partial charge in [0, 0.05) is 49.1 Å². The summed E-state index contributed by atoms with van der Waals surface area (Å²) in [7, 11) is 0. The molecule has 0 bridgehead atoms. The maximum Gasteiger partial charge on any atom is 0.320 e. The van der Waals surface area contributed by atoms with Crippen LogP contribution < -0.4 is 5.56 Å². The third-order valence-electron chi connectivity index (χ3n) is 8.34. The summed E-state index contributed by atoms with van der Waals surface area (Å²) in [6, 6.07) is 10.7. The third-order valence-corrected chi connectivity index (χ3v) is 8.34. The van der Waals surface area contributed by atoms with Crippen molar-refractivity contribution >= 4 is 6.03 Å². The van der Waals surface area contributed by atoms with E-state index in [4.69, 9.17) is 0 Å². The molecule has 1 N–H and O–H groups in total. The molecule has 1 spiro atoms. The molecule has 1 aromatic heterocycles. The van der Waals surface area contributed by atoms with Gasteiger partial charge in [-0.05, 0) is 25.7 Å². The molecule has 0 radical (unpaired) electrons. The van der Waals surface area contributed by atoms with E-state index in [2.05, 4.69) is 4.98 Å². The SMILES string of the molecule is O=C(N1CCC(C(F)F)C1)N1CCC(O)(Cn2cnc(-c3ccccc3)cc2=O)C2(CCCC2)C1. The number of piperidine rings is 1. The van der Waals surface area contributed by atoms with Crippen LogP contribution in [-0.2, 0) is 6.54 Å². The quantitative estimate of drug-likeness (QED) is 0.716. The summed E-state index contributed by atoms with van der Waals surface area (Å²) in [4.78, 5) is 33.8. The first kappa shape index (κ1) is 23.9. The molecule has 2 atom stereocenters. The average Bonchev–Trinajstić information content (AvgIpc) is 3.54. The van der Waals surface area contributed by atoms with E-state index in [1.165, 1.54) is 21.9 Å². The minimum atomic E-state index is -2.42. The van der Waals surface area contributed by atoms with Crippen molar-refractivity contribution in [3.05, 3.63) is 53.1 Å². The molecular weight excluding hydrogens is 454 g/mol. The molecule has 1 saturated carbocycles. The summed E-state index contributed by atoms with van der Waals surface area (Å²) in [6.45, 7) is 1.25. The number of alkyl halides is 2. The second-order valence-electron chi connectivity index (χ2n) is 10.4. The second kappa shape index (κ2) is 9.33. The van der Waals surface area contributed by atoms with Crippen LogP contribution in [0.25, 0.3) is 11.3 Å². The lowest BCUT2D eigenvalue weighted by atomic mass is 9.66. The molecule has 2 amide bonds. The summed E-state index contributed by atoms with van der Waals surface area (Å²) < 4.78 is 27.7. The highest BCUT2D eigenvalue weighted by molar-refractivity contribution is 5.75. The van der Waals surface area contributed by atoms with Crippen LogP contribution in [0, 0.1) is 11.3 Å². The number of halogens is 2. The molecule has 3 fully saturated rings. The van der Waals surface area contributed by atoms with Gasteiger partial charge >= 0.3 is 6.03 Å². The van der Waals surface area contributed by atoms with Gasteiger partial charge in [0.15, 0.2) is 0 Å². The highest BCUT2D eigenvalue weighted by Gasteiger charge is 2.56. The molecule has 2 aliphatic heterocycles. The highest BCUT2D eigenvalue weighted by atomic mass is 19.3. The zero-order valence-corrected chi connectivity index (χ0v) is 19.8. The number of hydrogen-bond acceptors (Lipinski definition) is 4. The van der Waals surface area contributed by atoms with Crippen LogP contribution in [0.15, 0.2) is 47.5 Å². The summed E-state index contributed by atoms with van der Waals surface area (Å²) >= 11 is 0. The number of aromatic nitrogens is 2. The number of benzene rings is 1. The molecule has 5 rings (SSSR count). The van der Waals surface area contributed by atoms with Crippen LogP contribution in [0.4, 0.5) is 13.6 Å². The third kappa shape index (κ3) is 4.46. The van der Waals surface area contributed by atoms with E-state index in [0.29, 0.717) is 38.2 Å². The van der Waals surface area contributed by atoms with Crippen molar-refractivity contribution in [2.45, 2.75) is 57.1 Å². The van der Waals surface area contributed by atoms with Gasteiger partial charge in [0.1, 0.15) is 0 Å². The van der Waals surface area contributed by atoms with Gasteiger partial charge in [0.05, 0.1) is 24.2 Å². The monoisotopic (exact) mass is 486 g/mol. The number of urea groups is 1. The Bertz CT molecular complexity index is 1120. The number of carbonyl (C=O) groups excluding carboxylic acids is 1. The lowest BCUT2D eigenvalue weighted by Gasteiger charge is -2.52. The molecule has 188 valence electrons. The van der Waals surface area contributed by atoms with Gasteiger partial charge in [0.25, 0.3) is 5.56 Å². The van der Waals surface area contributed by atoms with Gasteiger partial charge in [-0.2, -0.15) is 0 Å². The van der Waals surface area contributed by atoms with E-state index in [9.17, 15) is 23.5 Å². The zero-order chi connectivity index (χ0) is 24.6. The molecule has 9 heteroatoms. The number of aliphatic hydroxyl groups is 1. The lowest BCUT2D eigenvalue weighted by molar-refractivity contribution is -0.136. The normalized spacial score (nSPS) is 26.1. The minimum Gasteiger partial charge on any atom is -0.387 e. The average molecular weight is 487 g/mol. The first-order chi connectivity index (χ1) is 16.8. The molecule has 35 heavy (non-hydrogen) atoms. The number of hydrogen-bond donors (Lipinski definition) is 1. The molecular formula is C26H32F2N4O3. The van der Waals surface area contributed by atoms with Crippen molar-refractivity contribution in [1.82, 2.24) is 19.4 Å². The van der Waals surface area contributed by atoms with Gasteiger partial charge in [-0.3, -0.25) is 9.36 Å². The molecule has 7 nitrogen and oxygen atoms in total. The van der Waals surface area contributed by atoms with Crippen LogP contribution in [-0.4, -0.2) is 68.7 Å². The lowest BCUT2D eigenvalue weighted by Crippen LogP contribution is -2.63. The number of carbonyl (C=O) groups is 1. The Hall–Kier alpha value is -2.81. The van der Waals surface area contributed by atoms with Crippen molar-refractivity contribution in [3.8, 4) is 11.3 Å².